The number of halogens is 1. The number of urea groups is 1. The smallest absolute Gasteiger partial charge is 0.329 e. The highest BCUT2D eigenvalue weighted by Gasteiger charge is 2.41. The predicted octanol–water partition coefficient (Wildman–Crippen LogP) is 3.04. The van der Waals surface area contributed by atoms with E-state index in [1.54, 1.807) is 13.0 Å². The summed E-state index contributed by atoms with van der Waals surface area (Å²) < 4.78 is 13.4. The minimum Gasteiger partial charge on any atom is -0.480 e. The van der Waals surface area contributed by atoms with Crippen LogP contribution in [0.15, 0.2) is 18.2 Å². The number of hydrogen-bond acceptors (Lipinski definition) is 2. The summed E-state index contributed by atoms with van der Waals surface area (Å²) in [5, 5.41) is 14.5. The van der Waals surface area contributed by atoms with Crippen molar-refractivity contribution >= 4 is 17.7 Å². The minimum atomic E-state index is -1.22. The van der Waals surface area contributed by atoms with E-state index in [1.165, 1.54) is 12.1 Å². The molecule has 2 amide bonds. The standard InChI is InChI=1S/C15H19FN2O3/c1-10-11(16)6-5-7-12(10)17-14(21)18-15(13(19)20)8-3-2-4-9-15/h5-7H,2-4,8-9H2,1H3,(H,19,20)(H2,17,18,21). The Kier molecular flexibility index (Phi) is 4.45. The first-order chi connectivity index (χ1) is 9.94. The Labute approximate surface area is 122 Å². The van der Waals surface area contributed by atoms with Crippen molar-refractivity contribution in [2.75, 3.05) is 5.32 Å². The number of anilines is 1. The molecule has 0 atom stereocenters. The lowest BCUT2D eigenvalue weighted by atomic mass is 9.82. The van der Waals surface area contributed by atoms with Crippen LogP contribution in [0.5, 0.6) is 0 Å². The van der Waals surface area contributed by atoms with Crippen LogP contribution in [-0.4, -0.2) is 22.6 Å². The van der Waals surface area contributed by atoms with Gasteiger partial charge in [0.05, 0.1) is 0 Å². The lowest BCUT2D eigenvalue weighted by molar-refractivity contribution is -0.145. The maximum atomic E-state index is 13.4. The normalized spacial score (nSPS) is 17.0. The van der Waals surface area contributed by atoms with Crippen molar-refractivity contribution in [3.05, 3.63) is 29.6 Å². The van der Waals surface area contributed by atoms with E-state index in [-0.39, 0.29) is 0 Å². The summed E-state index contributed by atoms with van der Waals surface area (Å²) in [5.41, 5.74) is -0.562. The Bertz CT molecular complexity index is 554. The summed E-state index contributed by atoms with van der Waals surface area (Å²) in [6.07, 6.45) is 3.34. The highest BCUT2D eigenvalue weighted by Crippen LogP contribution is 2.28. The van der Waals surface area contributed by atoms with Gasteiger partial charge in [0.25, 0.3) is 0 Å². The highest BCUT2D eigenvalue weighted by molar-refractivity contribution is 5.94. The molecule has 0 radical (unpaired) electrons. The molecule has 2 rings (SSSR count). The quantitative estimate of drug-likeness (QED) is 0.801. The van der Waals surface area contributed by atoms with Crippen LogP contribution in [-0.2, 0) is 4.79 Å². The second-order valence-electron chi connectivity index (χ2n) is 5.44. The largest absolute Gasteiger partial charge is 0.480 e. The van der Waals surface area contributed by atoms with Gasteiger partial charge in [-0.15, -0.1) is 0 Å². The molecule has 3 N–H and O–H groups in total. The molecule has 0 bridgehead atoms. The van der Waals surface area contributed by atoms with Gasteiger partial charge < -0.3 is 15.7 Å². The number of nitrogens with one attached hydrogen (secondary N) is 2. The molecule has 1 saturated carbocycles. The first kappa shape index (κ1) is 15.3. The monoisotopic (exact) mass is 294 g/mol. The van der Waals surface area contributed by atoms with Crippen LogP contribution in [0.2, 0.25) is 0 Å². The molecule has 0 saturated heterocycles. The Morgan fingerprint density at radius 2 is 1.90 bits per heavy atom. The molecule has 6 heteroatoms. The van der Waals surface area contributed by atoms with E-state index >= 15 is 0 Å². The number of rotatable bonds is 3. The summed E-state index contributed by atoms with van der Waals surface area (Å²) in [5.74, 6) is -1.44. The number of carbonyl (C=O) groups is 2. The minimum absolute atomic E-state index is 0.320. The van der Waals surface area contributed by atoms with Crippen LogP contribution in [0, 0.1) is 12.7 Å². The molecule has 0 unspecified atom stereocenters. The summed E-state index contributed by atoms with van der Waals surface area (Å²) >= 11 is 0. The third-order valence-electron chi connectivity index (χ3n) is 3.99. The Balaban J connectivity index is 2.09. The van der Waals surface area contributed by atoms with E-state index in [4.69, 9.17) is 0 Å². The zero-order valence-electron chi connectivity index (χ0n) is 11.9. The van der Waals surface area contributed by atoms with Gasteiger partial charge in [-0.1, -0.05) is 25.3 Å². The molecule has 1 aliphatic rings. The lowest BCUT2D eigenvalue weighted by Gasteiger charge is -2.33. The van der Waals surface area contributed by atoms with Gasteiger partial charge in [-0.25, -0.2) is 14.0 Å². The average Bonchev–Trinajstić information content (AvgIpc) is 2.44. The van der Waals surface area contributed by atoms with E-state index in [9.17, 15) is 19.1 Å². The Morgan fingerprint density at radius 1 is 1.24 bits per heavy atom. The molecular weight excluding hydrogens is 275 g/mol. The maximum Gasteiger partial charge on any atom is 0.329 e. The Hall–Kier alpha value is -2.11. The van der Waals surface area contributed by atoms with E-state index in [2.05, 4.69) is 10.6 Å². The van der Waals surface area contributed by atoms with Crippen molar-refractivity contribution in [2.45, 2.75) is 44.6 Å². The number of amides is 2. The highest BCUT2D eigenvalue weighted by atomic mass is 19.1. The second-order valence-corrected chi connectivity index (χ2v) is 5.44. The fraction of sp³-hybridized carbons (Fsp3) is 0.467. The molecule has 114 valence electrons. The molecule has 0 heterocycles. The van der Waals surface area contributed by atoms with Gasteiger partial charge in [0.15, 0.2) is 0 Å². The molecule has 0 aliphatic heterocycles. The number of carboxylic acid groups (broad SMARTS) is 1. The van der Waals surface area contributed by atoms with Gasteiger partial charge in [0.1, 0.15) is 11.4 Å². The molecule has 1 aromatic carbocycles. The number of carboxylic acids is 1. The molecule has 5 nitrogen and oxygen atoms in total. The third-order valence-corrected chi connectivity index (χ3v) is 3.99. The van der Waals surface area contributed by atoms with Crippen molar-refractivity contribution in [1.29, 1.82) is 0 Å². The van der Waals surface area contributed by atoms with Gasteiger partial charge in [-0.3, -0.25) is 0 Å². The molecule has 0 spiro atoms. The number of hydrogen-bond donors (Lipinski definition) is 3. The third kappa shape index (κ3) is 3.32. The van der Waals surface area contributed by atoms with E-state index < -0.39 is 23.4 Å². The average molecular weight is 294 g/mol. The molecule has 21 heavy (non-hydrogen) atoms. The summed E-state index contributed by atoms with van der Waals surface area (Å²) in [4.78, 5) is 23.5. The molecular formula is C15H19FN2O3. The molecule has 1 aromatic rings. The van der Waals surface area contributed by atoms with Crippen LogP contribution >= 0.6 is 0 Å². The summed E-state index contributed by atoms with van der Waals surface area (Å²) in [6, 6.07) is 3.75. The number of aliphatic carboxylic acids is 1. The van der Waals surface area contributed by atoms with Crippen molar-refractivity contribution in [2.24, 2.45) is 0 Å². The molecule has 1 fully saturated rings. The van der Waals surface area contributed by atoms with Crippen molar-refractivity contribution < 1.29 is 19.1 Å². The van der Waals surface area contributed by atoms with Gasteiger partial charge in [0.2, 0.25) is 0 Å². The SMILES string of the molecule is Cc1c(F)cccc1NC(=O)NC1(C(=O)O)CCCCC1. The predicted molar refractivity (Wildman–Crippen MR) is 76.7 cm³/mol. The Morgan fingerprint density at radius 3 is 2.52 bits per heavy atom. The zero-order valence-corrected chi connectivity index (χ0v) is 11.9. The first-order valence-electron chi connectivity index (χ1n) is 7.02. The van der Waals surface area contributed by atoms with Gasteiger partial charge >= 0.3 is 12.0 Å². The lowest BCUT2D eigenvalue weighted by Crippen LogP contribution is -2.56. The van der Waals surface area contributed by atoms with Gasteiger partial charge in [-0.05, 0) is 31.9 Å². The zero-order chi connectivity index (χ0) is 15.5. The van der Waals surface area contributed by atoms with Crippen molar-refractivity contribution in [3.63, 3.8) is 0 Å². The van der Waals surface area contributed by atoms with Gasteiger partial charge in [0, 0.05) is 11.3 Å². The van der Waals surface area contributed by atoms with E-state index in [0.717, 1.165) is 19.3 Å². The van der Waals surface area contributed by atoms with Crippen molar-refractivity contribution in [1.82, 2.24) is 5.32 Å². The number of benzene rings is 1. The maximum absolute atomic E-state index is 13.4. The fourth-order valence-corrected chi connectivity index (χ4v) is 2.66. The van der Waals surface area contributed by atoms with Crippen LogP contribution < -0.4 is 10.6 Å². The summed E-state index contributed by atoms with van der Waals surface area (Å²) in [6.45, 7) is 1.55. The second kappa shape index (κ2) is 6.11. The van der Waals surface area contributed by atoms with Crippen LogP contribution in [0.3, 0.4) is 0 Å². The van der Waals surface area contributed by atoms with E-state index in [1.807, 2.05) is 0 Å². The van der Waals surface area contributed by atoms with E-state index in [0.29, 0.717) is 24.1 Å². The van der Waals surface area contributed by atoms with Crippen LogP contribution in [0.4, 0.5) is 14.9 Å². The van der Waals surface area contributed by atoms with Crippen molar-refractivity contribution in [3.8, 4) is 0 Å². The fourth-order valence-electron chi connectivity index (χ4n) is 2.66. The van der Waals surface area contributed by atoms with Gasteiger partial charge in [-0.2, -0.15) is 0 Å². The number of carbonyl (C=O) groups excluding carboxylic acids is 1. The van der Waals surface area contributed by atoms with Crippen LogP contribution in [0.1, 0.15) is 37.7 Å². The molecule has 0 aromatic heterocycles. The summed E-state index contributed by atoms with van der Waals surface area (Å²) in [7, 11) is 0. The molecule has 1 aliphatic carbocycles. The topological polar surface area (TPSA) is 78.4 Å². The first-order valence-corrected chi connectivity index (χ1v) is 7.02. The van der Waals surface area contributed by atoms with Crippen LogP contribution in [0.25, 0.3) is 0 Å².